The van der Waals surface area contributed by atoms with Gasteiger partial charge in [0.2, 0.25) is 0 Å². The highest BCUT2D eigenvalue weighted by Crippen LogP contribution is 2.72. The Hall–Kier alpha value is -0.0800. The molecule has 176 valence electrons. The number of hydrogen-bond acceptors (Lipinski definition) is 2. The van der Waals surface area contributed by atoms with Crippen LogP contribution in [0.5, 0.6) is 0 Å². The van der Waals surface area contributed by atoms with Crippen LogP contribution in [0.1, 0.15) is 113 Å². The number of rotatable bonds is 7. The molecule has 3 fully saturated rings. The molecule has 0 heterocycles. The van der Waals surface area contributed by atoms with E-state index in [9.17, 15) is 10.2 Å². The van der Waals surface area contributed by atoms with E-state index < -0.39 is 0 Å². The van der Waals surface area contributed by atoms with Crippen LogP contribution < -0.4 is 0 Å². The zero-order chi connectivity index (χ0) is 22.3. The summed E-state index contributed by atoms with van der Waals surface area (Å²) in [5.41, 5.74) is 1.11. The van der Waals surface area contributed by atoms with Crippen molar-refractivity contribution in [1.29, 1.82) is 0 Å². The Labute approximate surface area is 187 Å². The Morgan fingerprint density at radius 3 is 2.30 bits per heavy atom. The van der Waals surface area contributed by atoms with Gasteiger partial charge in [-0.2, -0.15) is 0 Å². The van der Waals surface area contributed by atoms with E-state index >= 15 is 0 Å². The predicted molar refractivity (Wildman–Crippen MR) is 127 cm³/mol. The summed E-state index contributed by atoms with van der Waals surface area (Å²) in [5.74, 6) is 3.91. The van der Waals surface area contributed by atoms with Crippen LogP contribution in [-0.4, -0.2) is 22.9 Å². The lowest BCUT2D eigenvalue weighted by Gasteiger charge is -2.69. The molecule has 3 aliphatic rings. The molecular weight excluding hydrogens is 368 g/mol. The summed E-state index contributed by atoms with van der Waals surface area (Å²) >= 11 is 0. The summed E-state index contributed by atoms with van der Waals surface area (Å²) in [4.78, 5) is 0. The van der Waals surface area contributed by atoms with Crippen molar-refractivity contribution < 1.29 is 10.2 Å². The second-order valence-electron chi connectivity index (χ2n) is 12.8. The van der Waals surface area contributed by atoms with Gasteiger partial charge in [-0.25, -0.2) is 0 Å². The molecule has 3 rings (SSSR count). The van der Waals surface area contributed by atoms with Gasteiger partial charge >= 0.3 is 0 Å². The summed E-state index contributed by atoms with van der Waals surface area (Å²) in [6.45, 7) is 17.7. The Morgan fingerprint density at radius 2 is 1.67 bits per heavy atom. The van der Waals surface area contributed by atoms with Gasteiger partial charge in [-0.05, 0) is 103 Å². The van der Waals surface area contributed by atoms with Gasteiger partial charge in [0.15, 0.2) is 0 Å². The van der Waals surface area contributed by atoms with E-state index in [1.165, 1.54) is 51.4 Å². The molecule has 3 saturated carbocycles. The third-order valence-electron chi connectivity index (χ3n) is 11.4. The topological polar surface area (TPSA) is 40.5 Å². The van der Waals surface area contributed by atoms with Crippen LogP contribution in [0.25, 0.3) is 0 Å². The van der Waals surface area contributed by atoms with Crippen molar-refractivity contribution in [2.24, 2.45) is 51.8 Å². The summed E-state index contributed by atoms with van der Waals surface area (Å²) < 4.78 is 0. The number of aliphatic hydroxyl groups excluding tert-OH is 2. The summed E-state index contributed by atoms with van der Waals surface area (Å²) in [5, 5.41) is 20.3. The van der Waals surface area contributed by atoms with E-state index in [1.807, 2.05) is 0 Å². The normalized spacial score (nSPS) is 48.5. The highest BCUT2D eigenvalue weighted by molar-refractivity contribution is 5.13. The van der Waals surface area contributed by atoms with Crippen LogP contribution in [0.3, 0.4) is 0 Å². The van der Waals surface area contributed by atoms with E-state index in [1.54, 1.807) is 0 Å². The standard InChI is InChI=1S/C28H52O2/c1-8-9-20(3)22-10-11-25-26(5)15-14-24(30)21(4)23(26)13-17-28(25,7)27(22,6)16-12-19(2)18-29/h19-25,29-30H,8-18H2,1-7H3/t19?,20?,21?,22?,23?,24?,25?,26?,27-,28?/m1/s1. The van der Waals surface area contributed by atoms with Crippen LogP contribution in [0.15, 0.2) is 0 Å². The lowest BCUT2D eigenvalue weighted by atomic mass is 9.35. The minimum absolute atomic E-state index is 0.0925. The fourth-order valence-corrected chi connectivity index (χ4v) is 9.26. The van der Waals surface area contributed by atoms with Gasteiger partial charge in [-0.1, -0.05) is 61.3 Å². The molecule has 0 aromatic carbocycles. The minimum atomic E-state index is -0.0925. The van der Waals surface area contributed by atoms with Gasteiger partial charge in [0.25, 0.3) is 0 Å². The molecule has 0 saturated heterocycles. The maximum atomic E-state index is 10.6. The summed E-state index contributed by atoms with van der Waals surface area (Å²) in [6.07, 6.45) is 12.5. The fourth-order valence-electron chi connectivity index (χ4n) is 9.26. The first-order valence-corrected chi connectivity index (χ1v) is 13.3. The van der Waals surface area contributed by atoms with Gasteiger partial charge in [-0.15, -0.1) is 0 Å². The molecule has 2 nitrogen and oxygen atoms in total. The van der Waals surface area contributed by atoms with Crippen LogP contribution in [0, 0.1) is 51.8 Å². The van der Waals surface area contributed by atoms with Crippen molar-refractivity contribution in [2.75, 3.05) is 6.61 Å². The van der Waals surface area contributed by atoms with E-state index in [-0.39, 0.29) is 6.10 Å². The second-order valence-corrected chi connectivity index (χ2v) is 12.8. The highest BCUT2D eigenvalue weighted by atomic mass is 16.3. The van der Waals surface area contributed by atoms with E-state index in [2.05, 4.69) is 48.5 Å². The van der Waals surface area contributed by atoms with Gasteiger partial charge in [-0.3, -0.25) is 0 Å². The van der Waals surface area contributed by atoms with Crippen molar-refractivity contribution >= 4 is 0 Å². The van der Waals surface area contributed by atoms with Gasteiger partial charge in [0.05, 0.1) is 6.10 Å². The first kappa shape index (κ1) is 24.6. The lowest BCUT2D eigenvalue weighted by molar-refractivity contribution is -0.214. The average Bonchev–Trinajstić information content (AvgIpc) is 2.70. The van der Waals surface area contributed by atoms with Gasteiger partial charge in [0, 0.05) is 6.61 Å². The average molecular weight is 421 g/mol. The van der Waals surface area contributed by atoms with Crippen LogP contribution in [0.4, 0.5) is 0 Å². The van der Waals surface area contributed by atoms with Crippen molar-refractivity contribution in [3.63, 3.8) is 0 Å². The lowest BCUT2D eigenvalue weighted by Crippen LogP contribution is -2.63. The van der Waals surface area contributed by atoms with Crippen LogP contribution in [-0.2, 0) is 0 Å². The Kier molecular flexibility index (Phi) is 7.41. The molecule has 0 spiro atoms. The molecule has 9 unspecified atom stereocenters. The van der Waals surface area contributed by atoms with E-state index in [4.69, 9.17) is 0 Å². The highest BCUT2D eigenvalue weighted by Gasteiger charge is 2.65. The maximum Gasteiger partial charge on any atom is 0.0568 e. The van der Waals surface area contributed by atoms with Gasteiger partial charge in [0.1, 0.15) is 0 Å². The van der Waals surface area contributed by atoms with Crippen LogP contribution >= 0.6 is 0 Å². The number of fused-ring (bicyclic) bond motifs is 3. The van der Waals surface area contributed by atoms with E-state index in [0.29, 0.717) is 40.6 Å². The van der Waals surface area contributed by atoms with Crippen molar-refractivity contribution in [3.05, 3.63) is 0 Å². The van der Waals surface area contributed by atoms with Gasteiger partial charge < -0.3 is 10.2 Å². The second kappa shape index (κ2) is 9.05. The SMILES string of the molecule is CCCC(C)C1CCC2C3(C)CCC(O)C(C)C3CCC2(C)[C@]1(C)CCC(C)CO. The smallest absolute Gasteiger partial charge is 0.0568 e. The zero-order valence-electron chi connectivity index (χ0n) is 21.2. The summed E-state index contributed by atoms with van der Waals surface area (Å²) in [7, 11) is 0. The van der Waals surface area contributed by atoms with Crippen molar-refractivity contribution in [2.45, 2.75) is 119 Å². The summed E-state index contributed by atoms with van der Waals surface area (Å²) in [6, 6.07) is 0. The molecule has 0 aliphatic heterocycles. The molecule has 0 aromatic heterocycles. The molecule has 2 heteroatoms. The van der Waals surface area contributed by atoms with Crippen molar-refractivity contribution in [3.8, 4) is 0 Å². The molecule has 0 amide bonds. The Bertz CT molecular complexity index is 575. The Balaban J connectivity index is 1.97. The first-order chi connectivity index (χ1) is 14.0. The zero-order valence-corrected chi connectivity index (χ0v) is 21.2. The Morgan fingerprint density at radius 1 is 0.967 bits per heavy atom. The number of aliphatic hydroxyl groups is 2. The predicted octanol–water partition coefficient (Wildman–Crippen LogP) is 7.08. The van der Waals surface area contributed by atoms with Crippen molar-refractivity contribution in [1.82, 2.24) is 0 Å². The molecule has 30 heavy (non-hydrogen) atoms. The van der Waals surface area contributed by atoms with E-state index in [0.717, 1.165) is 30.6 Å². The molecule has 10 atom stereocenters. The van der Waals surface area contributed by atoms with Crippen LogP contribution in [0.2, 0.25) is 0 Å². The molecule has 0 bridgehead atoms. The molecule has 0 aromatic rings. The first-order valence-electron chi connectivity index (χ1n) is 13.3. The third kappa shape index (κ3) is 3.81. The number of hydrogen-bond donors (Lipinski definition) is 2. The molecule has 2 N–H and O–H groups in total. The molecular formula is C28H52O2. The maximum absolute atomic E-state index is 10.6. The quantitative estimate of drug-likeness (QED) is 0.462. The minimum Gasteiger partial charge on any atom is -0.396 e. The monoisotopic (exact) mass is 420 g/mol. The largest absolute Gasteiger partial charge is 0.396 e. The molecule has 0 radical (unpaired) electrons. The molecule has 3 aliphatic carbocycles. The fraction of sp³-hybridized carbons (Fsp3) is 1.00. The third-order valence-corrected chi connectivity index (χ3v) is 11.4.